The molecule has 17 heavy (non-hydrogen) atoms. The van der Waals surface area contributed by atoms with E-state index in [4.69, 9.17) is 9.84 Å². The van der Waals surface area contributed by atoms with Crippen molar-refractivity contribution < 1.29 is 9.84 Å². The van der Waals surface area contributed by atoms with Crippen LogP contribution in [0.4, 0.5) is 0 Å². The molecule has 0 saturated heterocycles. The molecular weight excluding hydrogens is 218 g/mol. The quantitative estimate of drug-likeness (QED) is 0.849. The van der Waals surface area contributed by atoms with E-state index in [1.807, 2.05) is 6.07 Å². The van der Waals surface area contributed by atoms with E-state index in [0.717, 1.165) is 5.56 Å². The van der Waals surface area contributed by atoms with Gasteiger partial charge in [-0.3, -0.25) is 0 Å². The molecule has 2 aromatic rings. The maximum absolute atomic E-state index is 8.98. The summed E-state index contributed by atoms with van der Waals surface area (Å²) in [4.78, 5) is 12.5. The Labute approximate surface area is 99.2 Å². The topological polar surface area (TPSA) is 68.1 Å². The van der Waals surface area contributed by atoms with Crippen molar-refractivity contribution in [1.82, 2.24) is 15.0 Å². The van der Waals surface area contributed by atoms with E-state index in [0.29, 0.717) is 23.8 Å². The molecule has 0 aliphatic heterocycles. The van der Waals surface area contributed by atoms with Crippen molar-refractivity contribution in [2.45, 2.75) is 13.0 Å². The minimum absolute atomic E-state index is 0.0730. The zero-order valence-corrected chi connectivity index (χ0v) is 9.50. The van der Waals surface area contributed by atoms with Crippen molar-refractivity contribution in [2.24, 2.45) is 0 Å². The lowest BCUT2D eigenvalue weighted by Crippen LogP contribution is -2.00. The van der Waals surface area contributed by atoms with Gasteiger partial charge in [0.2, 0.25) is 5.88 Å². The highest BCUT2D eigenvalue weighted by Crippen LogP contribution is 2.09. The van der Waals surface area contributed by atoms with Gasteiger partial charge < -0.3 is 9.84 Å². The van der Waals surface area contributed by atoms with Gasteiger partial charge in [-0.15, -0.1) is 0 Å². The number of aliphatic hydroxyl groups is 1. The summed E-state index contributed by atoms with van der Waals surface area (Å²) in [6, 6.07) is 5.40. The highest BCUT2D eigenvalue weighted by Gasteiger charge is 2.02. The third-order valence-electron chi connectivity index (χ3n) is 2.29. The van der Waals surface area contributed by atoms with Crippen LogP contribution in [0.25, 0.3) is 0 Å². The molecule has 1 N–H and O–H groups in total. The van der Waals surface area contributed by atoms with Crippen LogP contribution in [-0.2, 0) is 13.0 Å². The molecular formula is C12H13N3O2. The Morgan fingerprint density at radius 1 is 1.24 bits per heavy atom. The van der Waals surface area contributed by atoms with Crippen molar-refractivity contribution in [3.05, 3.63) is 47.7 Å². The molecule has 2 aromatic heterocycles. The Hall–Kier alpha value is -2.01. The van der Waals surface area contributed by atoms with E-state index in [2.05, 4.69) is 15.0 Å². The lowest BCUT2D eigenvalue weighted by atomic mass is 10.2. The average molecular weight is 231 g/mol. The van der Waals surface area contributed by atoms with E-state index in [1.54, 1.807) is 31.6 Å². The van der Waals surface area contributed by atoms with Gasteiger partial charge in [0.25, 0.3) is 0 Å². The molecule has 0 amide bonds. The summed E-state index contributed by atoms with van der Waals surface area (Å²) < 4.78 is 4.98. The van der Waals surface area contributed by atoms with Gasteiger partial charge in [-0.05, 0) is 11.6 Å². The summed E-state index contributed by atoms with van der Waals surface area (Å²) >= 11 is 0. The van der Waals surface area contributed by atoms with Gasteiger partial charge in [0.05, 0.1) is 19.4 Å². The predicted molar refractivity (Wildman–Crippen MR) is 61.5 cm³/mol. The van der Waals surface area contributed by atoms with E-state index in [1.165, 1.54) is 0 Å². The third kappa shape index (κ3) is 2.98. The maximum atomic E-state index is 8.98. The van der Waals surface area contributed by atoms with Gasteiger partial charge in [-0.1, -0.05) is 6.07 Å². The van der Waals surface area contributed by atoms with Crippen molar-refractivity contribution in [2.75, 3.05) is 7.11 Å². The molecule has 88 valence electrons. The van der Waals surface area contributed by atoms with Crippen molar-refractivity contribution in [1.29, 1.82) is 0 Å². The second-order valence-electron chi connectivity index (χ2n) is 3.51. The van der Waals surface area contributed by atoms with E-state index in [-0.39, 0.29) is 6.61 Å². The van der Waals surface area contributed by atoms with Crippen LogP contribution in [0.1, 0.15) is 17.1 Å². The molecule has 2 heterocycles. The maximum Gasteiger partial charge on any atom is 0.212 e. The molecule has 0 bridgehead atoms. The SMILES string of the molecule is COc1ccc(Cc2nccc(CO)n2)cn1. The number of ether oxygens (including phenoxy) is 1. The molecule has 0 aliphatic carbocycles. The number of pyridine rings is 1. The van der Waals surface area contributed by atoms with Crippen molar-refractivity contribution in [3.63, 3.8) is 0 Å². The number of hydrogen-bond donors (Lipinski definition) is 1. The van der Waals surface area contributed by atoms with Crippen molar-refractivity contribution >= 4 is 0 Å². The van der Waals surface area contributed by atoms with Gasteiger partial charge in [0.1, 0.15) is 5.82 Å². The highest BCUT2D eigenvalue weighted by atomic mass is 16.5. The second kappa shape index (κ2) is 5.36. The van der Waals surface area contributed by atoms with Gasteiger partial charge in [-0.25, -0.2) is 15.0 Å². The van der Waals surface area contributed by atoms with Crippen molar-refractivity contribution in [3.8, 4) is 5.88 Å². The lowest BCUT2D eigenvalue weighted by molar-refractivity contribution is 0.276. The Morgan fingerprint density at radius 3 is 2.76 bits per heavy atom. The Bertz CT molecular complexity index is 485. The molecule has 2 rings (SSSR count). The van der Waals surface area contributed by atoms with Gasteiger partial charge in [0.15, 0.2) is 0 Å². The zero-order valence-electron chi connectivity index (χ0n) is 9.50. The first kappa shape index (κ1) is 11.5. The standard InChI is InChI=1S/C12H13N3O2/c1-17-12-3-2-9(7-14-12)6-11-13-5-4-10(8-16)15-11/h2-5,7,16H,6,8H2,1H3. The fourth-order valence-corrected chi connectivity index (χ4v) is 1.43. The van der Waals surface area contributed by atoms with Crippen LogP contribution in [0.3, 0.4) is 0 Å². The van der Waals surface area contributed by atoms with Crippen LogP contribution in [-0.4, -0.2) is 27.2 Å². The molecule has 5 heteroatoms. The van der Waals surface area contributed by atoms with E-state index < -0.39 is 0 Å². The number of rotatable bonds is 4. The van der Waals surface area contributed by atoms with Crippen LogP contribution < -0.4 is 4.74 Å². The second-order valence-corrected chi connectivity index (χ2v) is 3.51. The molecule has 0 fully saturated rings. The number of nitrogens with zero attached hydrogens (tertiary/aromatic N) is 3. The number of hydrogen-bond acceptors (Lipinski definition) is 5. The zero-order chi connectivity index (χ0) is 12.1. The first-order valence-corrected chi connectivity index (χ1v) is 5.22. The van der Waals surface area contributed by atoms with Crippen LogP contribution in [0, 0.1) is 0 Å². The van der Waals surface area contributed by atoms with Crippen LogP contribution in [0.2, 0.25) is 0 Å². The first-order valence-electron chi connectivity index (χ1n) is 5.22. The van der Waals surface area contributed by atoms with Crippen LogP contribution in [0.5, 0.6) is 5.88 Å². The Balaban J connectivity index is 2.13. The molecule has 0 aromatic carbocycles. The Morgan fingerprint density at radius 2 is 2.12 bits per heavy atom. The minimum Gasteiger partial charge on any atom is -0.481 e. The summed E-state index contributed by atoms with van der Waals surface area (Å²) in [6.45, 7) is -0.0730. The summed E-state index contributed by atoms with van der Waals surface area (Å²) in [6.07, 6.45) is 3.96. The van der Waals surface area contributed by atoms with Gasteiger partial charge in [-0.2, -0.15) is 0 Å². The average Bonchev–Trinajstić information content (AvgIpc) is 2.40. The molecule has 0 atom stereocenters. The smallest absolute Gasteiger partial charge is 0.212 e. The van der Waals surface area contributed by atoms with Crippen LogP contribution >= 0.6 is 0 Å². The summed E-state index contributed by atoms with van der Waals surface area (Å²) in [5.74, 6) is 1.25. The lowest BCUT2D eigenvalue weighted by Gasteiger charge is -2.03. The molecule has 0 saturated carbocycles. The molecule has 0 spiro atoms. The third-order valence-corrected chi connectivity index (χ3v) is 2.29. The Kier molecular flexibility index (Phi) is 3.62. The number of aromatic nitrogens is 3. The van der Waals surface area contributed by atoms with Gasteiger partial charge in [0, 0.05) is 24.9 Å². The summed E-state index contributed by atoms with van der Waals surface area (Å²) in [7, 11) is 1.58. The summed E-state index contributed by atoms with van der Waals surface area (Å²) in [5, 5.41) is 8.98. The predicted octanol–water partition coefficient (Wildman–Crippen LogP) is 0.963. The minimum atomic E-state index is -0.0730. The first-order chi connectivity index (χ1) is 8.31. The fourth-order valence-electron chi connectivity index (χ4n) is 1.43. The van der Waals surface area contributed by atoms with Gasteiger partial charge >= 0.3 is 0 Å². The number of aliphatic hydroxyl groups excluding tert-OH is 1. The largest absolute Gasteiger partial charge is 0.481 e. The molecule has 0 aliphatic rings. The fraction of sp³-hybridized carbons (Fsp3) is 0.250. The summed E-state index contributed by atoms with van der Waals surface area (Å²) in [5.41, 5.74) is 1.62. The highest BCUT2D eigenvalue weighted by molar-refractivity contribution is 5.21. The normalized spacial score (nSPS) is 10.2. The molecule has 0 radical (unpaired) electrons. The van der Waals surface area contributed by atoms with E-state index in [9.17, 15) is 0 Å². The van der Waals surface area contributed by atoms with Crippen LogP contribution in [0.15, 0.2) is 30.6 Å². The van der Waals surface area contributed by atoms with E-state index >= 15 is 0 Å². The monoisotopic (exact) mass is 231 g/mol. The number of methoxy groups -OCH3 is 1. The molecule has 0 unspecified atom stereocenters. The molecule has 5 nitrogen and oxygen atoms in total.